The molecule has 1 aliphatic carbocycles. The molecular formula is C16H20ClNO2. The minimum Gasteiger partial charge on any atom is -0.377 e. The van der Waals surface area contributed by atoms with Gasteiger partial charge >= 0.3 is 0 Å². The second kappa shape index (κ2) is 5.47. The van der Waals surface area contributed by atoms with Crippen LogP contribution in [0.25, 0.3) is 0 Å². The van der Waals surface area contributed by atoms with Crippen LogP contribution in [-0.2, 0) is 15.1 Å². The van der Waals surface area contributed by atoms with E-state index in [0.717, 1.165) is 37.9 Å². The van der Waals surface area contributed by atoms with E-state index in [1.165, 1.54) is 0 Å². The molecule has 2 N–H and O–H groups in total. The average Bonchev–Trinajstić information content (AvgIpc) is 2.96. The van der Waals surface area contributed by atoms with E-state index in [0.29, 0.717) is 11.4 Å². The molecule has 3 rings (SSSR count). The monoisotopic (exact) mass is 293 g/mol. The summed E-state index contributed by atoms with van der Waals surface area (Å²) in [5.41, 5.74) is 6.30. The van der Waals surface area contributed by atoms with Crippen LogP contribution in [0.15, 0.2) is 24.3 Å². The Bertz CT molecular complexity index is 513. The topological polar surface area (TPSA) is 52.3 Å². The highest BCUT2D eigenvalue weighted by Crippen LogP contribution is 2.41. The highest BCUT2D eigenvalue weighted by molar-refractivity contribution is 6.31. The van der Waals surface area contributed by atoms with Gasteiger partial charge in [-0.2, -0.15) is 0 Å². The van der Waals surface area contributed by atoms with Gasteiger partial charge in [-0.1, -0.05) is 29.8 Å². The van der Waals surface area contributed by atoms with Crippen LogP contribution in [0.2, 0.25) is 5.02 Å². The van der Waals surface area contributed by atoms with Crippen molar-refractivity contribution in [3.63, 3.8) is 0 Å². The summed E-state index contributed by atoms with van der Waals surface area (Å²) in [4.78, 5) is 12.9. The van der Waals surface area contributed by atoms with Crippen LogP contribution in [0.4, 0.5) is 0 Å². The summed E-state index contributed by atoms with van der Waals surface area (Å²) in [6.07, 6.45) is 4.55. The van der Waals surface area contributed by atoms with Gasteiger partial charge in [-0.15, -0.1) is 0 Å². The van der Waals surface area contributed by atoms with Gasteiger partial charge in [0.25, 0.3) is 0 Å². The first-order valence-electron chi connectivity index (χ1n) is 7.33. The molecule has 2 fully saturated rings. The smallest absolute Gasteiger partial charge is 0.162 e. The predicted octanol–water partition coefficient (Wildman–Crippen LogP) is 3.04. The molecule has 20 heavy (non-hydrogen) atoms. The summed E-state index contributed by atoms with van der Waals surface area (Å²) in [5.74, 6) is 0.0243. The fraction of sp³-hybridized carbons (Fsp3) is 0.562. The molecule has 2 aliphatic rings. The summed E-state index contributed by atoms with van der Waals surface area (Å²) < 4.78 is 5.71. The zero-order chi connectivity index (χ0) is 14.2. The number of rotatable bonds is 2. The number of ether oxygens (including phenoxy) is 1. The Morgan fingerprint density at radius 1 is 1.25 bits per heavy atom. The molecule has 1 aromatic rings. The number of carbonyl (C=O) groups is 1. The van der Waals surface area contributed by atoms with Crippen molar-refractivity contribution in [2.75, 3.05) is 6.61 Å². The summed E-state index contributed by atoms with van der Waals surface area (Å²) in [7, 11) is 0. The molecule has 0 radical (unpaired) electrons. The highest BCUT2D eigenvalue weighted by Gasteiger charge is 2.47. The maximum Gasteiger partial charge on any atom is 0.162 e. The van der Waals surface area contributed by atoms with Crippen molar-refractivity contribution in [3.8, 4) is 0 Å². The lowest BCUT2D eigenvalue weighted by Crippen LogP contribution is -2.53. The van der Waals surface area contributed by atoms with Crippen molar-refractivity contribution in [2.45, 2.75) is 43.7 Å². The molecule has 1 saturated carbocycles. The number of carbonyl (C=O) groups excluding carboxylic acids is 1. The Hall–Kier alpha value is -0.900. The molecule has 0 spiro atoms. The number of Topliss-reactive ketones (excluding diaryl/α,β-unsaturated/α-hetero) is 1. The van der Waals surface area contributed by atoms with Crippen LogP contribution in [0.5, 0.6) is 0 Å². The standard InChI is InChI=1S/C16H20ClNO2/c17-13-7-2-1-6-12(13)16(18)9-3-5-11(15(16)19)14-8-4-10-20-14/h1-2,6-7,11,14H,3-5,8-10,18H2/t11?,14?,16-/m1/s1. The molecule has 0 amide bonds. The number of halogens is 1. The lowest BCUT2D eigenvalue weighted by atomic mass is 9.69. The van der Waals surface area contributed by atoms with Crippen molar-refractivity contribution in [2.24, 2.45) is 11.7 Å². The lowest BCUT2D eigenvalue weighted by molar-refractivity contribution is -0.135. The third kappa shape index (κ3) is 2.28. The molecule has 4 heteroatoms. The zero-order valence-corrected chi connectivity index (χ0v) is 12.2. The fourth-order valence-electron chi connectivity index (χ4n) is 3.55. The SMILES string of the molecule is N[C@@]1(c2ccccc2Cl)CCCC(C2CCCO2)C1=O. The van der Waals surface area contributed by atoms with E-state index in [2.05, 4.69) is 0 Å². The van der Waals surface area contributed by atoms with Gasteiger partial charge in [0.15, 0.2) is 5.78 Å². The Kier molecular flexibility index (Phi) is 3.85. The van der Waals surface area contributed by atoms with Gasteiger partial charge in [0, 0.05) is 17.5 Å². The van der Waals surface area contributed by atoms with E-state index in [9.17, 15) is 4.79 Å². The van der Waals surface area contributed by atoms with Gasteiger partial charge in [-0.05, 0) is 43.7 Å². The Labute approximate surface area is 124 Å². The van der Waals surface area contributed by atoms with Crippen LogP contribution < -0.4 is 5.73 Å². The molecule has 0 bridgehead atoms. The predicted molar refractivity (Wildman–Crippen MR) is 78.6 cm³/mol. The first-order valence-corrected chi connectivity index (χ1v) is 7.70. The molecular weight excluding hydrogens is 274 g/mol. The maximum absolute atomic E-state index is 12.9. The Morgan fingerprint density at radius 2 is 2.05 bits per heavy atom. The summed E-state index contributed by atoms with van der Waals surface area (Å²) in [6.45, 7) is 0.762. The molecule has 2 unspecified atom stereocenters. The second-order valence-corrected chi connectivity index (χ2v) is 6.27. The largest absolute Gasteiger partial charge is 0.377 e. The van der Waals surface area contributed by atoms with Gasteiger partial charge < -0.3 is 10.5 Å². The Balaban J connectivity index is 1.92. The average molecular weight is 294 g/mol. The van der Waals surface area contributed by atoms with E-state index in [-0.39, 0.29) is 17.8 Å². The van der Waals surface area contributed by atoms with E-state index < -0.39 is 5.54 Å². The summed E-state index contributed by atoms with van der Waals surface area (Å²) in [5, 5.41) is 0.580. The van der Waals surface area contributed by atoms with E-state index in [4.69, 9.17) is 22.1 Å². The van der Waals surface area contributed by atoms with Crippen molar-refractivity contribution in [3.05, 3.63) is 34.9 Å². The van der Waals surface area contributed by atoms with Gasteiger partial charge in [0.1, 0.15) is 5.54 Å². The molecule has 0 aromatic heterocycles. The van der Waals surface area contributed by atoms with Crippen molar-refractivity contribution >= 4 is 17.4 Å². The van der Waals surface area contributed by atoms with Gasteiger partial charge in [-0.25, -0.2) is 0 Å². The van der Waals surface area contributed by atoms with E-state index in [1.807, 2.05) is 18.2 Å². The molecule has 1 aromatic carbocycles. The maximum atomic E-state index is 12.9. The number of hydrogen-bond donors (Lipinski definition) is 1. The molecule has 3 nitrogen and oxygen atoms in total. The van der Waals surface area contributed by atoms with Crippen molar-refractivity contribution in [1.29, 1.82) is 0 Å². The molecule has 1 heterocycles. The van der Waals surface area contributed by atoms with Gasteiger partial charge in [0.05, 0.1) is 6.10 Å². The van der Waals surface area contributed by atoms with E-state index in [1.54, 1.807) is 6.07 Å². The van der Waals surface area contributed by atoms with Gasteiger partial charge in [-0.3, -0.25) is 4.79 Å². The first-order chi connectivity index (χ1) is 9.63. The van der Waals surface area contributed by atoms with Crippen LogP contribution in [0.3, 0.4) is 0 Å². The number of ketones is 1. The highest BCUT2D eigenvalue weighted by atomic mass is 35.5. The number of nitrogens with two attached hydrogens (primary N) is 1. The minimum absolute atomic E-state index is 0.0493. The Morgan fingerprint density at radius 3 is 2.75 bits per heavy atom. The normalized spacial score (nSPS) is 34.4. The second-order valence-electron chi connectivity index (χ2n) is 5.87. The van der Waals surface area contributed by atoms with Crippen molar-refractivity contribution < 1.29 is 9.53 Å². The molecule has 1 saturated heterocycles. The third-order valence-electron chi connectivity index (χ3n) is 4.63. The molecule has 1 aliphatic heterocycles. The van der Waals surface area contributed by atoms with Crippen LogP contribution in [0, 0.1) is 5.92 Å². The van der Waals surface area contributed by atoms with Crippen LogP contribution in [-0.4, -0.2) is 18.5 Å². The fourth-order valence-corrected chi connectivity index (χ4v) is 3.86. The van der Waals surface area contributed by atoms with Crippen LogP contribution >= 0.6 is 11.6 Å². The first kappa shape index (κ1) is 14.1. The lowest BCUT2D eigenvalue weighted by Gasteiger charge is -2.39. The quantitative estimate of drug-likeness (QED) is 0.912. The number of hydrogen-bond acceptors (Lipinski definition) is 3. The molecule has 108 valence electrons. The number of benzene rings is 1. The summed E-state index contributed by atoms with van der Waals surface area (Å²) in [6, 6.07) is 7.42. The minimum atomic E-state index is -0.951. The van der Waals surface area contributed by atoms with Gasteiger partial charge in [0.2, 0.25) is 0 Å². The zero-order valence-electron chi connectivity index (χ0n) is 11.5. The molecule has 3 atom stereocenters. The van der Waals surface area contributed by atoms with Crippen LogP contribution in [0.1, 0.15) is 37.7 Å². The summed E-state index contributed by atoms with van der Waals surface area (Å²) >= 11 is 6.26. The third-order valence-corrected chi connectivity index (χ3v) is 4.96. The van der Waals surface area contributed by atoms with E-state index >= 15 is 0 Å². The van der Waals surface area contributed by atoms with Crippen molar-refractivity contribution in [1.82, 2.24) is 0 Å².